The first-order valence-electron chi connectivity index (χ1n) is 10.00. The number of carbonyl (C=O) groups is 1. The number of hydrogen-bond acceptors (Lipinski definition) is 5. The Morgan fingerprint density at radius 3 is 2.51 bits per heavy atom. The summed E-state index contributed by atoms with van der Waals surface area (Å²) in [7, 11) is 0. The predicted octanol–water partition coefficient (Wildman–Crippen LogP) is 6.94. The van der Waals surface area contributed by atoms with E-state index in [4.69, 9.17) is 11.6 Å². The molecule has 0 aliphatic heterocycles. The summed E-state index contributed by atoms with van der Waals surface area (Å²) >= 11 is 6.16. The van der Waals surface area contributed by atoms with Crippen molar-refractivity contribution in [2.75, 3.05) is 10.6 Å². The number of carbonyl (C=O) groups excluding carboxylic acids is 1. The molecule has 2 aromatic carbocycles. The van der Waals surface area contributed by atoms with Crippen molar-refractivity contribution in [2.24, 2.45) is 0 Å². The zero-order valence-electron chi connectivity index (χ0n) is 18.1. The number of halogens is 5. The van der Waals surface area contributed by atoms with Crippen LogP contribution in [-0.2, 0) is 6.18 Å². The highest BCUT2D eigenvalue weighted by molar-refractivity contribution is 6.32. The number of aryl methyl sites for hydroxylation is 1. The number of hydrogen-bond donors (Lipinski definition) is 2. The van der Waals surface area contributed by atoms with Crippen molar-refractivity contribution in [2.45, 2.75) is 13.1 Å². The van der Waals surface area contributed by atoms with Gasteiger partial charge in [0.05, 0.1) is 11.3 Å². The molecule has 0 aliphatic rings. The average molecular weight is 520 g/mol. The van der Waals surface area contributed by atoms with E-state index >= 15 is 0 Å². The van der Waals surface area contributed by atoms with E-state index in [0.29, 0.717) is 33.6 Å². The topological polar surface area (TPSA) is 79.8 Å². The van der Waals surface area contributed by atoms with E-state index in [1.54, 1.807) is 42.6 Å². The third kappa shape index (κ3) is 6.26. The van der Waals surface area contributed by atoms with Crippen molar-refractivity contribution in [1.29, 1.82) is 0 Å². The minimum atomic E-state index is -4.53. The summed E-state index contributed by atoms with van der Waals surface area (Å²) in [6.45, 7) is 1.86. The lowest BCUT2D eigenvalue weighted by Gasteiger charge is -2.13. The molecule has 2 heterocycles. The van der Waals surface area contributed by atoms with Crippen LogP contribution < -0.4 is 10.6 Å². The highest BCUT2D eigenvalue weighted by Crippen LogP contribution is 2.30. The van der Waals surface area contributed by atoms with Crippen molar-refractivity contribution >= 4 is 47.1 Å². The molecule has 0 radical (unpaired) electrons. The third-order valence-corrected chi connectivity index (χ3v) is 5.21. The fourth-order valence-electron chi connectivity index (χ4n) is 3.16. The minimum absolute atomic E-state index is 0. The summed E-state index contributed by atoms with van der Waals surface area (Å²) in [6, 6.07) is 14.6. The molecule has 0 bridgehead atoms. The molecule has 1 amide bonds. The molecule has 2 aromatic heterocycles. The van der Waals surface area contributed by atoms with Gasteiger partial charge in [-0.05, 0) is 55.0 Å². The van der Waals surface area contributed by atoms with Crippen LogP contribution in [0.1, 0.15) is 21.5 Å². The average Bonchev–Trinajstić information content (AvgIpc) is 2.81. The van der Waals surface area contributed by atoms with E-state index < -0.39 is 17.6 Å². The number of aromatic nitrogens is 3. The molecule has 0 fully saturated rings. The molecule has 6 nitrogen and oxygen atoms in total. The van der Waals surface area contributed by atoms with E-state index in [0.717, 1.165) is 17.7 Å². The van der Waals surface area contributed by atoms with Gasteiger partial charge in [-0.25, -0.2) is 15.0 Å². The van der Waals surface area contributed by atoms with Crippen LogP contribution in [0, 0.1) is 6.92 Å². The highest BCUT2D eigenvalue weighted by Gasteiger charge is 2.30. The molecule has 2 N–H and O–H groups in total. The molecule has 4 aromatic rings. The molecule has 11 heteroatoms. The zero-order chi connectivity index (χ0) is 24.3. The molecule has 0 atom stereocenters. The molecular formula is C24H18Cl2F3N5O. The maximum atomic E-state index is 13.0. The van der Waals surface area contributed by atoms with Gasteiger partial charge in [-0.2, -0.15) is 13.2 Å². The van der Waals surface area contributed by atoms with Gasteiger partial charge in [-0.3, -0.25) is 4.79 Å². The van der Waals surface area contributed by atoms with Crippen molar-refractivity contribution in [1.82, 2.24) is 15.0 Å². The molecule has 180 valence electrons. The second kappa shape index (κ2) is 10.7. The lowest BCUT2D eigenvalue weighted by atomic mass is 10.1. The minimum Gasteiger partial charge on any atom is -0.340 e. The second-order valence-electron chi connectivity index (χ2n) is 7.32. The molecule has 0 spiro atoms. The molecule has 0 unspecified atom stereocenters. The van der Waals surface area contributed by atoms with Crippen LogP contribution in [0.5, 0.6) is 0 Å². The Hall–Kier alpha value is -3.69. The fourth-order valence-corrected chi connectivity index (χ4v) is 3.38. The summed E-state index contributed by atoms with van der Waals surface area (Å²) in [4.78, 5) is 25.1. The molecule has 0 aliphatic carbocycles. The van der Waals surface area contributed by atoms with Gasteiger partial charge in [-0.1, -0.05) is 23.7 Å². The maximum Gasteiger partial charge on any atom is 0.416 e. The van der Waals surface area contributed by atoms with Crippen LogP contribution in [-0.4, -0.2) is 20.9 Å². The second-order valence-corrected chi connectivity index (χ2v) is 7.68. The monoisotopic (exact) mass is 519 g/mol. The van der Waals surface area contributed by atoms with Gasteiger partial charge < -0.3 is 10.6 Å². The van der Waals surface area contributed by atoms with Gasteiger partial charge in [0.25, 0.3) is 5.91 Å². The van der Waals surface area contributed by atoms with E-state index in [1.165, 1.54) is 18.5 Å². The number of anilines is 3. The quantitative estimate of drug-likeness (QED) is 0.279. The van der Waals surface area contributed by atoms with Gasteiger partial charge in [-0.15, -0.1) is 12.4 Å². The first-order valence-corrected chi connectivity index (χ1v) is 10.4. The fraction of sp³-hybridized carbons (Fsp3) is 0.0833. The number of amides is 1. The molecule has 0 saturated carbocycles. The van der Waals surface area contributed by atoms with Gasteiger partial charge in [0.2, 0.25) is 0 Å². The number of rotatable bonds is 5. The van der Waals surface area contributed by atoms with Crippen LogP contribution in [0.25, 0.3) is 11.3 Å². The Kier molecular flexibility index (Phi) is 7.93. The van der Waals surface area contributed by atoms with Crippen LogP contribution in [0.3, 0.4) is 0 Å². The SMILES string of the molecule is Cc1ccc(NC(=O)c2cccc(C(F)(F)F)c2)cc1Nc1cc(-c2cccnc2Cl)ncn1.Cl. The maximum absolute atomic E-state index is 13.0. The Morgan fingerprint density at radius 1 is 0.971 bits per heavy atom. The Bertz CT molecular complexity index is 1370. The van der Waals surface area contributed by atoms with E-state index in [2.05, 4.69) is 25.6 Å². The number of benzene rings is 2. The number of alkyl halides is 3. The Balaban J connectivity index is 0.00000342. The predicted molar refractivity (Wildman–Crippen MR) is 131 cm³/mol. The van der Waals surface area contributed by atoms with Crippen LogP contribution >= 0.6 is 24.0 Å². The number of nitrogens with one attached hydrogen (secondary N) is 2. The highest BCUT2D eigenvalue weighted by atomic mass is 35.5. The van der Waals surface area contributed by atoms with Gasteiger partial charge >= 0.3 is 6.18 Å². The van der Waals surface area contributed by atoms with Crippen molar-refractivity contribution in [3.63, 3.8) is 0 Å². The van der Waals surface area contributed by atoms with Crippen LogP contribution in [0.2, 0.25) is 5.15 Å². The Labute approximate surface area is 210 Å². The molecular weight excluding hydrogens is 502 g/mol. The van der Waals surface area contributed by atoms with Gasteiger partial charge in [0.15, 0.2) is 0 Å². The lowest BCUT2D eigenvalue weighted by molar-refractivity contribution is -0.137. The Morgan fingerprint density at radius 2 is 1.77 bits per heavy atom. The molecule has 35 heavy (non-hydrogen) atoms. The first-order chi connectivity index (χ1) is 16.2. The smallest absolute Gasteiger partial charge is 0.340 e. The zero-order valence-corrected chi connectivity index (χ0v) is 19.7. The van der Waals surface area contributed by atoms with Crippen LogP contribution in [0.4, 0.5) is 30.4 Å². The van der Waals surface area contributed by atoms with Gasteiger partial charge in [0, 0.05) is 34.8 Å². The summed E-state index contributed by atoms with van der Waals surface area (Å²) in [5, 5.41) is 6.11. The third-order valence-electron chi connectivity index (χ3n) is 4.91. The number of pyridine rings is 1. The normalized spacial score (nSPS) is 10.9. The standard InChI is InChI=1S/C24H17ClF3N5O.ClH/c1-14-7-8-17(32-23(34)15-4-2-5-16(10-15)24(26,27)28)11-19(14)33-21-12-20(30-13-31-21)18-6-3-9-29-22(18)25;/h2-13H,1H3,(H,32,34)(H,30,31,33);1H. The van der Waals surface area contributed by atoms with Crippen LogP contribution in [0.15, 0.2) is 73.2 Å². The largest absolute Gasteiger partial charge is 0.416 e. The van der Waals surface area contributed by atoms with E-state index in [9.17, 15) is 18.0 Å². The first kappa shape index (κ1) is 25.9. The van der Waals surface area contributed by atoms with Crippen molar-refractivity contribution in [3.05, 3.63) is 95.0 Å². The number of nitrogens with zero attached hydrogens (tertiary/aromatic N) is 3. The summed E-state index contributed by atoms with van der Waals surface area (Å²) in [5.74, 6) is -0.175. The van der Waals surface area contributed by atoms with E-state index in [-0.39, 0.29) is 18.0 Å². The lowest BCUT2D eigenvalue weighted by Crippen LogP contribution is -2.14. The summed E-state index contributed by atoms with van der Waals surface area (Å²) in [6.07, 6.45) is -1.57. The van der Waals surface area contributed by atoms with Gasteiger partial charge in [0.1, 0.15) is 17.3 Å². The van der Waals surface area contributed by atoms with Crippen molar-refractivity contribution < 1.29 is 18.0 Å². The van der Waals surface area contributed by atoms with Crippen molar-refractivity contribution in [3.8, 4) is 11.3 Å². The summed E-state index contributed by atoms with van der Waals surface area (Å²) in [5.41, 5.74) is 2.13. The summed E-state index contributed by atoms with van der Waals surface area (Å²) < 4.78 is 38.9. The van der Waals surface area contributed by atoms with E-state index in [1.807, 2.05) is 6.92 Å². The molecule has 0 saturated heterocycles. The molecule has 4 rings (SSSR count).